The Bertz CT molecular complexity index is 1070. The Labute approximate surface area is 142 Å². The van der Waals surface area contributed by atoms with Gasteiger partial charge in [0.25, 0.3) is 5.91 Å². The lowest BCUT2D eigenvalue weighted by atomic mass is 9.98. The van der Waals surface area contributed by atoms with Crippen molar-refractivity contribution in [3.8, 4) is 0 Å². The van der Waals surface area contributed by atoms with Crippen LogP contribution < -0.4 is 10.7 Å². The van der Waals surface area contributed by atoms with Gasteiger partial charge in [-0.25, -0.2) is 4.79 Å². The Kier molecular flexibility index (Phi) is 3.39. The molecule has 0 saturated carbocycles. The Morgan fingerprint density at radius 1 is 1.08 bits per heavy atom. The average molecular weight is 335 g/mol. The van der Waals surface area contributed by atoms with E-state index in [4.69, 9.17) is 4.42 Å². The van der Waals surface area contributed by atoms with E-state index in [0.29, 0.717) is 22.1 Å². The van der Waals surface area contributed by atoms with E-state index < -0.39 is 17.9 Å². The number of amides is 1. The number of nitrogens with one attached hydrogen (secondary N) is 1. The number of fused-ring (bicyclic) bond motifs is 2. The summed E-state index contributed by atoms with van der Waals surface area (Å²) in [5.41, 5.74) is 1.50. The number of esters is 1. The van der Waals surface area contributed by atoms with Gasteiger partial charge >= 0.3 is 5.97 Å². The molecule has 0 fully saturated rings. The smallest absolute Gasteiger partial charge is 0.337 e. The molecular weight excluding hydrogens is 322 g/mol. The molecule has 0 unspecified atom stereocenters. The first-order valence-electron chi connectivity index (χ1n) is 7.65. The van der Waals surface area contributed by atoms with E-state index in [2.05, 4.69) is 10.1 Å². The SMILES string of the molecule is COC(=O)c1ccc([C@H]2NC(=O)c3oc4ccccc4c(=O)c32)cc1. The second-order valence-corrected chi connectivity index (χ2v) is 5.69. The van der Waals surface area contributed by atoms with Crippen LogP contribution in [0.1, 0.15) is 38.1 Å². The number of hydrogen-bond acceptors (Lipinski definition) is 5. The van der Waals surface area contributed by atoms with Crippen molar-refractivity contribution < 1.29 is 18.7 Å². The van der Waals surface area contributed by atoms with Crippen molar-refractivity contribution in [2.24, 2.45) is 0 Å². The highest BCUT2D eigenvalue weighted by Gasteiger charge is 2.35. The first kappa shape index (κ1) is 15.1. The number of ether oxygens (including phenoxy) is 1. The third-order valence-electron chi connectivity index (χ3n) is 4.27. The first-order chi connectivity index (χ1) is 12.1. The summed E-state index contributed by atoms with van der Waals surface area (Å²) in [5, 5.41) is 3.19. The number of rotatable bonds is 2. The van der Waals surface area contributed by atoms with E-state index in [1.54, 1.807) is 48.5 Å². The zero-order chi connectivity index (χ0) is 17.6. The highest BCUT2D eigenvalue weighted by molar-refractivity contribution is 5.99. The Morgan fingerprint density at radius 3 is 2.52 bits per heavy atom. The zero-order valence-corrected chi connectivity index (χ0v) is 13.2. The Morgan fingerprint density at radius 2 is 1.80 bits per heavy atom. The molecule has 1 amide bonds. The summed E-state index contributed by atoms with van der Waals surface area (Å²) in [6.07, 6.45) is 0. The molecule has 2 heterocycles. The van der Waals surface area contributed by atoms with Crippen LogP contribution in [0.3, 0.4) is 0 Å². The molecule has 3 aromatic rings. The highest BCUT2D eigenvalue weighted by Crippen LogP contribution is 2.30. The molecule has 0 aliphatic carbocycles. The number of methoxy groups -OCH3 is 1. The normalized spacial score (nSPS) is 15.7. The Balaban J connectivity index is 1.85. The fourth-order valence-corrected chi connectivity index (χ4v) is 3.04. The highest BCUT2D eigenvalue weighted by atomic mass is 16.5. The summed E-state index contributed by atoms with van der Waals surface area (Å²) in [6, 6.07) is 12.7. The van der Waals surface area contributed by atoms with Gasteiger partial charge in [-0.3, -0.25) is 9.59 Å². The van der Waals surface area contributed by atoms with Gasteiger partial charge < -0.3 is 14.5 Å². The van der Waals surface area contributed by atoms with Gasteiger partial charge in [-0.05, 0) is 29.8 Å². The molecule has 0 bridgehead atoms. The summed E-state index contributed by atoms with van der Waals surface area (Å²) >= 11 is 0. The molecule has 0 spiro atoms. The summed E-state index contributed by atoms with van der Waals surface area (Å²) in [6.45, 7) is 0. The summed E-state index contributed by atoms with van der Waals surface area (Å²) in [7, 11) is 1.31. The minimum absolute atomic E-state index is 0.0331. The molecule has 1 N–H and O–H groups in total. The van der Waals surface area contributed by atoms with Gasteiger partial charge in [0.2, 0.25) is 5.76 Å². The number of para-hydroxylation sites is 1. The molecule has 1 aliphatic rings. The molecule has 2 aromatic carbocycles. The predicted octanol–water partition coefficient (Wildman–Crippen LogP) is 2.41. The van der Waals surface area contributed by atoms with Crippen LogP contribution >= 0.6 is 0 Å². The standard InChI is InChI=1S/C19H13NO5/c1-24-19(23)11-8-6-10(7-9-11)15-14-16(21)12-4-2-3-5-13(12)25-17(14)18(22)20-15/h2-9,15H,1H3,(H,20,22)/t15-/m1/s1. The van der Waals surface area contributed by atoms with Gasteiger partial charge in [-0.1, -0.05) is 24.3 Å². The van der Waals surface area contributed by atoms with Crippen molar-refractivity contribution in [3.05, 3.63) is 81.2 Å². The molecule has 6 nitrogen and oxygen atoms in total. The largest absolute Gasteiger partial charge is 0.465 e. The molecule has 0 radical (unpaired) electrons. The van der Waals surface area contributed by atoms with Gasteiger partial charge in [0.15, 0.2) is 5.43 Å². The minimum atomic E-state index is -0.616. The monoisotopic (exact) mass is 335 g/mol. The van der Waals surface area contributed by atoms with Crippen LogP contribution in [-0.2, 0) is 4.74 Å². The van der Waals surface area contributed by atoms with E-state index in [9.17, 15) is 14.4 Å². The van der Waals surface area contributed by atoms with Crippen molar-refractivity contribution >= 4 is 22.8 Å². The van der Waals surface area contributed by atoms with Gasteiger partial charge in [0, 0.05) is 0 Å². The number of benzene rings is 2. The van der Waals surface area contributed by atoms with Crippen molar-refractivity contribution in [1.29, 1.82) is 0 Å². The zero-order valence-electron chi connectivity index (χ0n) is 13.2. The van der Waals surface area contributed by atoms with Gasteiger partial charge in [-0.2, -0.15) is 0 Å². The Hall–Kier alpha value is -3.41. The second kappa shape index (κ2) is 5.59. The van der Waals surface area contributed by atoms with Crippen LogP contribution in [0.15, 0.2) is 57.7 Å². The fraction of sp³-hybridized carbons (Fsp3) is 0.105. The van der Waals surface area contributed by atoms with Gasteiger partial charge in [0.05, 0.1) is 29.7 Å². The van der Waals surface area contributed by atoms with Crippen LogP contribution in [0.2, 0.25) is 0 Å². The maximum Gasteiger partial charge on any atom is 0.337 e. The summed E-state index contributed by atoms with van der Waals surface area (Å²) in [4.78, 5) is 36.6. The first-order valence-corrected chi connectivity index (χ1v) is 7.65. The second-order valence-electron chi connectivity index (χ2n) is 5.69. The van der Waals surface area contributed by atoms with E-state index in [0.717, 1.165) is 0 Å². The van der Waals surface area contributed by atoms with Crippen LogP contribution in [0.5, 0.6) is 0 Å². The van der Waals surface area contributed by atoms with Crippen LogP contribution in [0.25, 0.3) is 11.0 Å². The van der Waals surface area contributed by atoms with Gasteiger partial charge in [-0.15, -0.1) is 0 Å². The van der Waals surface area contributed by atoms with Crippen molar-refractivity contribution in [1.82, 2.24) is 5.32 Å². The molecule has 4 rings (SSSR count). The topological polar surface area (TPSA) is 85.6 Å². The molecule has 25 heavy (non-hydrogen) atoms. The molecule has 1 aromatic heterocycles. The maximum atomic E-state index is 12.8. The lowest BCUT2D eigenvalue weighted by Crippen LogP contribution is -2.22. The number of carbonyl (C=O) groups is 2. The lowest BCUT2D eigenvalue weighted by molar-refractivity contribution is 0.0600. The van der Waals surface area contributed by atoms with E-state index >= 15 is 0 Å². The van der Waals surface area contributed by atoms with E-state index in [1.807, 2.05) is 0 Å². The van der Waals surface area contributed by atoms with Crippen LogP contribution in [0, 0.1) is 0 Å². The molecule has 0 saturated heterocycles. The summed E-state index contributed by atoms with van der Waals surface area (Å²) < 4.78 is 10.3. The third-order valence-corrected chi connectivity index (χ3v) is 4.27. The van der Waals surface area contributed by atoms with E-state index in [-0.39, 0.29) is 16.8 Å². The molecule has 1 atom stereocenters. The molecular formula is C19H13NO5. The molecule has 6 heteroatoms. The summed E-state index contributed by atoms with van der Waals surface area (Å²) in [5.74, 6) is -0.849. The number of carbonyl (C=O) groups excluding carboxylic acids is 2. The van der Waals surface area contributed by atoms with Crippen molar-refractivity contribution in [2.45, 2.75) is 6.04 Å². The minimum Gasteiger partial charge on any atom is -0.465 e. The van der Waals surface area contributed by atoms with Crippen LogP contribution in [-0.4, -0.2) is 19.0 Å². The van der Waals surface area contributed by atoms with Gasteiger partial charge in [0.1, 0.15) is 5.58 Å². The van der Waals surface area contributed by atoms with Crippen molar-refractivity contribution in [3.63, 3.8) is 0 Å². The maximum absolute atomic E-state index is 12.8. The number of hydrogen-bond donors (Lipinski definition) is 1. The molecule has 1 aliphatic heterocycles. The lowest BCUT2D eigenvalue weighted by Gasteiger charge is -2.12. The average Bonchev–Trinajstić information content (AvgIpc) is 2.98. The quantitative estimate of drug-likeness (QED) is 0.727. The van der Waals surface area contributed by atoms with Crippen LogP contribution in [0.4, 0.5) is 0 Å². The molecule has 124 valence electrons. The predicted molar refractivity (Wildman–Crippen MR) is 89.6 cm³/mol. The fourth-order valence-electron chi connectivity index (χ4n) is 3.04. The van der Waals surface area contributed by atoms with E-state index in [1.165, 1.54) is 7.11 Å². The van der Waals surface area contributed by atoms with Crippen molar-refractivity contribution in [2.75, 3.05) is 7.11 Å². The third kappa shape index (κ3) is 2.30.